The molecule has 2 fully saturated rings. The fourth-order valence-corrected chi connectivity index (χ4v) is 18.7. The van der Waals surface area contributed by atoms with E-state index in [1.165, 1.54) is 24.3 Å². The molecule has 2 aromatic heterocycles. The van der Waals surface area contributed by atoms with Crippen LogP contribution in [0.3, 0.4) is 0 Å². The molecule has 4 amide bonds. The van der Waals surface area contributed by atoms with Gasteiger partial charge in [0.1, 0.15) is 11.6 Å². The van der Waals surface area contributed by atoms with Gasteiger partial charge in [-0.25, -0.2) is 19.0 Å². The number of fused-ring (bicyclic) bond motifs is 2. The molecule has 0 aliphatic carbocycles. The first-order chi connectivity index (χ1) is 33.9. The SMILES string of the molecule is C[Si](C)(CCCC(=O)N1CCN(C(=O)c2cc(Cc3n[nH]c(=O)c4ccccc34)ccc2F)CC1)O[Si](C)(C)CCCC(=O)N1CCN(C(=O)c2cc(Cc3n[nH]c(=O)c4ccccc34)ccc2F)CC1. The summed E-state index contributed by atoms with van der Waals surface area (Å²) in [7, 11) is -4.32. The van der Waals surface area contributed by atoms with E-state index in [-0.39, 0.29) is 60.2 Å². The van der Waals surface area contributed by atoms with Crippen molar-refractivity contribution in [1.82, 2.24) is 40.0 Å². The molecular formula is C52H60F2N8O7Si2. The number of hydrogen-bond donors (Lipinski definition) is 2. The second-order valence-corrected chi connectivity index (χ2v) is 28.6. The summed E-state index contributed by atoms with van der Waals surface area (Å²) in [5, 5.41) is 15.9. The van der Waals surface area contributed by atoms with Gasteiger partial charge in [-0.1, -0.05) is 48.5 Å². The van der Waals surface area contributed by atoms with E-state index >= 15 is 8.78 Å². The Hall–Kier alpha value is -6.71. The number of amides is 4. The summed E-state index contributed by atoms with van der Waals surface area (Å²) in [4.78, 5) is 84.9. The van der Waals surface area contributed by atoms with Crippen molar-refractivity contribution in [1.29, 1.82) is 0 Å². The molecule has 0 spiro atoms. The fraction of sp³-hybridized carbons (Fsp3) is 0.385. The topological polar surface area (TPSA) is 182 Å². The van der Waals surface area contributed by atoms with Gasteiger partial charge in [0.25, 0.3) is 22.9 Å². The Bertz CT molecular complexity index is 2890. The number of carbonyl (C=O) groups is 4. The maximum Gasteiger partial charge on any atom is 0.272 e. The van der Waals surface area contributed by atoms with Crippen LogP contribution in [0.4, 0.5) is 8.78 Å². The van der Waals surface area contributed by atoms with Gasteiger partial charge in [-0.2, -0.15) is 10.2 Å². The van der Waals surface area contributed by atoms with Crippen LogP contribution in [0, 0.1) is 11.6 Å². The third-order valence-electron chi connectivity index (χ3n) is 13.5. The average Bonchev–Trinajstić information content (AvgIpc) is 3.36. The van der Waals surface area contributed by atoms with E-state index in [4.69, 9.17) is 4.12 Å². The molecule has 2 aliphatic heterocycles. The zero-order chi connectivity index (χ0) is 50.5. The Morgan fingerprint density at radius 1 is 0.535 bits per heavy atom. The lowest BCUT2D eigenvalue weighted by atomic mass is 10.0. The Labute approximate surface area is 412 Å². The molecule has 372 valence electrons. The highest BCUT2D eigenvalue weighted by Crippen LogP contribution is 2.27. The standard InChI is InChI=1S/C52H60F2N8O7Si2/c1-70(2,29-9-15-47(63)59-21-25-61(26-22-59)51(67)41-31-35(17-19-43(41)53)33-45-37-11-5-7-13-39(37)49(65)57-55-45)69-71(3,4)30-10-16-48(64)60-23-27-62(28-24-60)52(68)42-32-36(18-20-44(42)54)34-46-38-12-6-8-14-40(38)50(66)58-56-46/h5-8,11-14,17-20,31-32H,9-10,15-16,21-30,33-34H2,1-4H3,(H,57,65)(H,58,66). The zero-order valence-electron chi connectivity index (χ0n) is 40.7. The number of rotatable bonds is 16. The lowest BCUT2D eigenvalue weighted by Crippen LogP contribution is -2.51. The molecule has 2 saturated heterocycles. The van der Waals surface area contributed by atoms with Gasteiger partial charge in [0, 0.05) is 88.8 Å². The van der Waals surface area contributed by atoms with E-state index in [1.807, 2.05) is 24.3 Å². The van der Waals surface area contributed by atoms with E-state index in [1.54, 1.807) is 56.0 Å². The van der Waals surface area contributed by atoms with E-state index in [2.05, 4.69) is 46.6 Å². The predicted octanol–water partition coefficient (Wildman–Crippen LogP) is 6.88. The monoisotopic (exact) mass is 1000 g/mol. The molecule has 19 heteroatoms. The average molecular weight is 1000 g/mol. The zero-order valence-corrected chi connectivity index (χ0v) is 42.7. The molecule has 0 saturated carbocycles. The van der Waals surface area contributed by atoms with Crippen LogP contribution in [-0.4, -0.2) is 133 Å². The maximum absolute atomic E-state index is 15.1. The highest BCUT2D eigenvalue weighted by molar-refractivity contribution is 6.84. The van der Waals surface area contributed by atoms with Gasteiger partial charge in [0.15, 0.2) is 16.6 Å². The first-order valence-electron chi connectivity index (χ1n) is 24.3. The normalized spacial score (nSPS) is 14.6. The van der Waals surface area contributed by atoms with Gasteiger partial charge in [0.05, 0.1) is 33.3 Å². The van der Waals surface area contributed by atoms with Gasteiger partial charge >= 0.3 is 0 Å². The molecule has 6 aromatic rings. The van der Waals surface area contributed by atoms with Crippen molar-refractivity contribution in [3.8, 4) is 0 Å². The predicted molar refractivity (Wildman–Crippen MR) is 272 cm³/mol. The molecule has 4 heterocycles. The number of halogens is 2. The van der Waals surface area contributed by atoms with Crippen molar-refractivity contribution < 1.29 is 32.1 Å². The minimum absolute atomic E-state index is 0.0169. The largest absolute Gasteiger partial charge is 0.455 e. The van der Waals surface area contributed by atoms with E-state index < -0.39 is 40.1 Å². The Morgan fingerprint density at radius 2 is 0.887 bits per heavy atom. The maximum atomic E-state index is 15.1. The fourth-order valence-electron chi connectivity index (χ4n) is 9.85. The van der Waals surface area contributed by atoms with Crippen LogP contribution in [0.1, 0.15) is 68.9 Å². The van der Waals surface area contributed by atoms with Crippen LogP contribution in [0.25, 0.3) is 21.5 Å². The molecule has 4 aromatic carbocycles. The lowest BCUT2D eigenvalue weighted by Gasteiger charge is -2.36. The molecule has 0 bridgehead atoms. The summed E-state index contributed by atoms with van der Waals surface area (Å²) in [6.07, 6.45) is 2.67. The van der Waals surface area contributed by atoms with Crippen LogP contribution in [0.5, 0.6) is 0 Å². The van der Waals surface area contributed by atoms with E-state index in [9.17, 15) is 28.8 Å². The van der Waals surface area contributed by atoms with Crippen molar-refractivity contribution >= 4 is 61.8 Å². The molecule has 2 aliphatic rings. The van der Waals surface area contributed by atoms with Crippen molar-refractivity contribution in [3.63, 3.8) is 0 Å². The molecular weight excluding hydrogens is 943 g/mol. The molecule has 0 radical (unpaired) electrons. The molecule has 0 unspecified atom stereocenters. The minimum atomic E-state index is -2.16. The number of H-pyrrole nitrogens is 2. The van der Waals surface area contributed by atoms with Crippen LogP contribution < -0.4 is 11.1 Å². The molecule has 2 N–H and O–H groups in total. The van der Waals surface area contributed by atoms with Gasteiger partial charge in [-0.3, -0.25) is 28.8 Å². The van der Waals surface area contributed by atoms with Gasteiger partial charge in [0.2, 0.25) is 11.8 Å². The third-order valence-corrected chi connectivity index (χ3v) is 21.1. The number of nitrogens with zero attached hydrogens (tertiary/aromatic N) is 6. The van der Waals surface area contributed by atoms with Crippen LogP contribution in [0.15, 0.2) is 94.5 Å². The van der Waals surface area contributed by atoms with Gasteiger partial charge in [-0.05, 0) is 98.6 Å². The number of piperazine rings is 2. The van der Waals surface area contributed by atoms with Crippen LogP contribution >= 0.6 is 0 Å². The smallest absolute Gasteiger partial charge is 0.272 e. The second kappa shape index (κ2) is 21.7. The second-order valence-electron chi connectivity index (χ2n) is 19.7. The minimum Gasteiger partial charge on any atom is -0.455 e. The molecule has 15 nitrogen and oxygen atoms in total. The van der Waals surface area contributed by atoms with Crippen LogP contribution in [0.2, 0.25) is 38.3 Å². The number of aromatic amines is 2. The Kier molecular flexibility index (Phi) is 15.5. The number of nitrogens with one attached hydrogen (secondary N) is 2. The third kappa shape index (κ3) is 12.3. The Balaban J connectivity index is 0.735. The number of carbonyl (C=O) groups excluding carboxylic acids is 4. The molecule has 0 atom stereocenters. The summed E-state index contributed by atoms with van der Waals surface area (Å²) >= 11 is 0. The van der Waals surface area contributed by atoms with Crippen molar-refractivity contribution in [3.05, 3.63) is 151 Å². The lowest BCUT2D eigenvalue weighted by molar-refractivity contribution is -0.133. The van der Waals surface area contributed by atoms with Crippen molar-refractivity contribution in [2.45, 2.75) is 76.8 Å². The number of aromatic nitrogens is 4. The van der Waals surface area contributed by atoms with Crippen molar-refractivity contribution in [2.75, 3.05) is 52.4 Å². The summed E-state index contributed by atoms with van der Waals surface area (Å²) < 4.78 is 37.0. The number of hydrogen-bond acceptors (Lipinski definition) is 9. The summed E-state index contributed by atoms with van der Waals surface area (Å²) in [6.45, 7) is 11.3. The quantitative estimate of drug-likeness (QED) is 0.0978. The van der Waals surface area contributed by atoms with E-state index in [0.717, 1.165) is 12.1 Å². The van der Waals surface area contributed by atoms with E-state index in [0.29, 0.717) is 109 Å². The van der Waals surface area contributed by atoms with Gasteiger partial charge < -0.3 is 23.7 Å². The van der Waals surface area contributed by atoms with Crippen LogP contribution in [-0.2, 0) is 26.5 Å². The van der Waals surface area contributed by atoms with Gasteiger partial charge in [-0.15, -0.1) is 0 Å². The summed E-state index contributed by atoms with van der Waals surface area (Å²) in [5.41, 5.74) is 1.90. The Morgan fingerprint density at radius 3 is 1.27 bits per heavy atom. The summed E-state index contributed by atoms with van der Waals surface area (Å²) in [6, 6.07) is 24.7. The van der Waals surface area contributed by atoms with Crippen molar-refractivity contribution in [2.24, 2.45) is 0 Å². The molecule has 8 rings (SSSR count). The first kappa shape index (κ1) is 50.7. The first-order valence-corrected chi connectivity index (χ1v) is 30.5. The highest BCUT2D eigenvalue weighted by atomic mass is 28.4. The summed E-state index contributed by atoms with van der Waals surface area (Å²) in [5.74, 6) is -2.09. The number of benzene rings is 4. The molecule has 71 heavy (non-hydrogen) atoms. The highest BCUT2D eigenvalue weighted by Gasteiger charge is 2.34.